The lowest BCUT2D eigenvalue weighted by atomic mass is 9.93. The van der Waals surface area contributed by atoms with E-state index in [1.54, 1.807) is 18.2 Å². The lowest BCUT2D eigenvalue weighted by Gasteiger charge is -2.24. The van der Waals surface area contributed by atoms with Gasteiger partial charge in [0.2, 0.25) is 0 Å². The molecule has 2 atom stereocenters. The second-order valence-electron chi connectivity index (χ2n) is 4.00. The van der Waals surface area contributed by atoms with Crippen molar-refractivity contribution in [1.29, 1.82) is 0 Å². The summed E-state index contributed by atoms with van der Waals surface area (Å²) in [7, 11) is -4.18. The van der Waals surface area contributed by atoms with Crippen LogP contribution in [0.2, 0.25) is 0 Å². The molecule has 0 aromatic heterocycles. The average Bonchev–Trinajstić information content (AvgIpc) is 2.16. The molecule has 0 bridgehead atoms. The highest BCUT2D eigenvalue weighted by Gasteiger charge is 2.33. The molecule has 3 N–H and O–H groups in total. The molecular formula is C11H13NO3S. The fraction of sp³-hybridized carbons (Fsp3) is 0.273. The highest BCUT2D eigenvalue weighted by molar-refractivity contribution is 7.86. The lowest BCUT2D eigenvalue weighted by Crippen LogP contribution is -2.34. The van der Waals surface area contributed by atoms with Crippen LogP contribution < -0.4 is 5.73 Å². The van der Waals surface area contributed by atoms with Gasteiger partial charge in [-0.3, -0.25) is 4.55 Å². The van der Waals surface area contributed by atoms with E-state index in [0.717, 1.165) is 11.1 Å². The smallest absolute Gasteiger partial charge is 0.273 e. The molecule has 0 fully saturated rings. The van der Waals surface area contributed by atoms with E-state index in [4.69, 9.17) is 5.73 Å². The zero-order valence-corrected chi connectivity index (χ0v) is 9.61. The minimum absolute atomic E-state index is 0.558. The Kier molecular flexibility index (Phi) is 2.61. The molecule has 2 unspecified atom stereocenters. The van der Waals surface area contributed by atoms with Crippen LogP contribution in [0.5, 0.6) is 0 Å². The fourth-order valence-electron chi connectivity index (χ4n) is 1.98. The van der Waals surface area contributed by atoms with Crippen LogP contribution in [-0.4, -0.2) is 19.0 Å². The van der Waals surface area contributed by atoms with Crippen molar-refractivity contribution in [3.8, 4) is 0 Å². The van der Waals surface area contributed by atoms with Gasteiger partial charge in [-0.2, -0.15) is 8.42 Å². The Balaban J connectivity index is 2.63. The molecule has 86 valence electrons. The molecule has 2 rings (SSSR count). The van der Waals surface area contributed by atoms with Gasteiger partial charge >= 0.3 is 0 Å². The molecule has 0 saturated carbocycles. The zero-order chi connectivity index (χ0) is 11.9. The van der Waals surface area contributed by atoms with E-state index >= 15 is 0 Å². The molecule has 1 aromatic rings. The third-order valence-electron chi connectivity index (χ3n) is 2.72. The summed E-state index contributed by atoms with van der Waals surface area (Å²) in [6.45, 7) is 1.92. The molecular weight excluding hydrogens is 226 g/mol. The monoisotopic (exact) mass is 239 g/mol. The predicted molar refractivity (Wildman–Crippen MR) is 62.5 cm³/mol. The minimum Gasteiger partial charge on any atom is -0.323 e. The van der Waals surface area contributed by atoms with Gasteiger partial charge in [0.1, 0.15) is 5.25 Å². The number of rotatable bonds is 1. The summed E-state index contributed by atoms with van der Waals surface area (Å²) in [6.07, 6.45) is 3.38. The van der Waals surface area contributed by atoms with Crippen LogP contribution in [0.25, 0.3) is 6.08 Å². The third kappa shape index (κ3) is 1.89. The standard InChI is InChI=1S/C11H13NO3S/c1-7-2-4-9-8(6-7)3-5-10(12)11(9)16(13,14)15/h2-6,10-11H,12H2,1H3,(H,13,14,15). The first-order valence-electron chi connectivity index (χ1n) is 4.90. The summed E-state index contributed by atoms with van der Waals surface area (Å²) in [5.74, 6) is 0. The number of benzene rings is 1. The number of fused-ring (bicyclic) bond motifs is 1. The fourth-order valence-corrected chi connectivity index (χ4v) is 3.00. The van der Waals surface area contributed by atoms with Crippen molar-refractivity contribution in [2.24, 2.45) is 5.73 Å². The second kappa shape index (κ2) is 3.69. The predicted octanol–water partition coefficient (Wildman–Crippen LogP) is 1.28. The SMILES string of the molecule is Cc1ccc2c(c1)C=CC(N)C2S(=O)(=O)O. The van der Waals surface area contributed by atoms with Gasteiger partial charge in [-0.1, -0.05) is 35.9 Å². The molecule has 1 aromatic carbocycles. The number of nitrogens with two attached hydrogens (primary N) is 1. The van der Waals surface area contributed by atoms with Crippen molar-refractivity contribution in [2.45, 2.75) is 18.2 Å². The number of hydrogen-bond donors (Lipinski definition) is 2. The quantitative estimate of drug-likeness (QED) is 0.723. The van der Waals surface area contributed by atoms with E-state index in [1.165, 1.54) is 0 Å². The van der Waals surface area contributed by atoms with Gasteiger partial charge in [0.15, 0.2) is 0 Å². The largest absolute Gasteiger partial charge is 0.323 e. The maximum absolute atomic E-state index is 11.3. The average molecular weight is 239 g/mol. The molecule has 4 nitrogen and oxygen atoms in total. The number of aryl methyl sites for hydroxylation is 1. The number of hydrogen-bond acceptors (Lipinski definition) is 3. The zero-order valence-electron chi connectivity index (χ0n) is 8.79. The van der Waals surface area contributed by atoms with Gasteiger partial charge in [-0.05, 0) is 18.1 Å². The highest BCUT2D eigenvalue weighted by Crippen LogP contribution is 2.33. The van der Waals surface area contributed by atoms with Crippen molar-refractivity contribution in [2.75, 3.05) is 0 Å². The summed E-state index contributed by atoms with van der Waals surface area (Å²) >= 11 is 0. The van der Waals surface area contributed by atoms with Gasteiger partial charge in [0, 0.05) is 6.04 Å². The maximum Gasteiger partial charge on any atom is 0.273 e. The highest BCUT2D eigenvalue weighted by atomic mass is 32.2. The van der Waals surface area contributed by atoms with Crippen molar-refractivity contribution in [3.05, 3.63) is 41.0 Å². The Labute approximate surface area is 94.5 Å². The normalized spacial score (nSPS) is 24.2. The van der Waals surface area contributed by atoms with E-state index in [9.17, 15) is 13.0 Å². The Morgan fingerprint density at radius 3 is 2.69 bits per heavy atom. The lowest BCUT2D eigenvalue weighted by molar-refractivity contribution is 0.462. The van der Waals surface area contributed by atoms with Gasteiger partial charge in [0.25, 0.3) is 10.1 Å². The summed E-state index contributed by atoms with van der Waals surface area (Å²) in [5.41, 5.74) is 8.08. The third-order valence-corrected chi connectivity index (χ3v) is 3.93. The molecule has 1 aliphatic rings. The maximum atomic E-state index is 11.3. The van der Waals surface area contributed by atoms with Crippen molar-refractivity contribution < 1.29 is 13.0 Å². The first kappa shape index (κ1) is 11.3. The molecule has 16 heavy (non-hydrogen) atoms. The Morgan fingerprint density at radius 1 is 1.38 bits per heavy atom. The molecule has 1 aliphatic carbocycles. The van der Waals surface area contributed by atoms with E-state index in [0.29, 0.717) is 5.56 Å². The molecule has 0 aliphatic heterocycles. The van der Waals surface area contributed by atoms with Gasteiger partial charge in [-0.25, -0.2) is 0 Å². The minimum atomic E-state index is -4.18. The van der Waals surface area contributed by atoms with Crippen molar-refractivity contribution in [3.63, 3.8) is 0 Å². The van der Waals surface area contributed by atoms with Crippen LogP contribution in [0.15, 0.2) is 24.3 Å². The van der Waals surface area contributed by atoms with E-state index < -0.39 is 21.4 Å². The van der Waals surface area contributed by atoms with E-state index in [1.807, 2.05) is 19.1 Å². The van der Waals surface area contributed by atoms with Crippen molar-refractivity contribution in [1.82, 2.24) is 0 Å². The van der Waals surface area contributed by atoms with Crippen LogP contribution in [0.3, 0.4) is 0 Å². The summed E-state index contributed by atoms with van der Waals surface area (Å²) in [4.78, 5) is 0. The van der Waals surface area contributed by atoms with Crippen LogP contribution in [0.4, 0.5) is 0 Å². The van der Waals surface area contributed by atoms with E-state index in [2.05, 4.69) is 0 Å². The summed E-state index contributed by atoms with van der Waals surface area (Å²) < 4.78 is 31.8. The van der Waals surface area contributed by atoms with Crippen LogP contribution in [0.1, 0.15) is 21.9 Å². The van der Waals surface area contributed by atoms with Crippen LogP contribution in [0, 0.1) is 6.92 Å². The summed E-state index contributed by atoms with van der Waals surface area (Å²) in [6, 6.07) is 4.68. The topological polar surface area (TPSA) is 80.4 Å². The molecule has 0 spiro atoms. The first-order chi connectivity index (χ1) is 7.39. The van der Waals surface area contributed by atoms with Gasteiger partial charge < -0.3 is 5.73 Å². The molecule has 0 saturated heterocycles. The molecule has 0 heterocycles. The Hall–Kier alpha value is -1.17. The Bertz CT molecular complexity index is 548. The summed E-state index contributed by atoms with van der Waals surface area (Å²) in [5, 5.41) is -1.06. The van der Waals surface area contributed by atoms with E-state index in [-0.39, 0.29) is 0 Å². The first-order valence-corrected chi connectivity index (χ1v) is 6.40. The van der Waals surface area contributed by atoms with Gasteiger partial charge in [0.05, 0.1) is 0 Å². The van der Waals surface area contributed by atoms with Crippen LogP contribution in [-0.2, 0) is 10.1 Å². The van der Waals surface area contributed by atoms with Crippen molar-refractivity contribution >= 4 is 16.2 Å². The van der Waals surface area contributed by atoms with Gasteiger partial charge in [-0.15, -0.1) is 0 Å². The molecule has 0 radical (unpaired) electrons. The van der Waals surface area contributed by atoms with Crippen LogP contribution >= 0.6 is 0 Å². The second-order valence-corrected chi connectivity index (χ2v) is 5.54. The molecule has 0 amide bonds. The molecule has 5 heteroatoms. The Morgan fingerprint density at radius 2 is 2.06 bits per heavy atom.